The molecule has 0 spiro atoms. The predicted molar refractivity (Wildman–Crippen MR) is 48.1 cm³/mol. The van der Waals surface area contributed by atoms with E-state index in [-0.39, 0.29) is 0 Å². The van der Waals surface area contributed by atoms with Gasteiger partial charge in [0.15, 0.2) is 0 Å². The molecule has 0 aromatic heterocycles. The van der Waals surface area contributed by atoms with Gasteiger partial charge in [0.05, 0.1) is 12.5 Å². The van der Waals surface area contributed by atoms with E-state index >= 15 is 0 Å². The third-order valence-electron chi connectivity index (χ3n) is 1.60. The Morgan fingerprint density at radius 1 is 1.18 bits per heavy atom. The summed E-state index contributed by atoms with van der Waals surface area (Å²) in [5, 5.41) is 8.21. The number of hydrogen-bond acceptors (Lipinski definition) is 1. The molecule has 0 aromatic rings. The van der Waals surface area contributed by atoms with Gasteiger partial charge in [0.2, 0.25) is 0 Å². The smallest absolute Gasteiger partial charge is 0.0663 e. The Morgan fingerprint density at radius 2 is 2.00 bits per heavy atom. The van der Waals surface area contributed by atoms with Crippen LogP contribution in [-0.4, -0.2) is 0 Å². The maximum Gasteiger partial charge on any atom is 0.0663 e. The average molecular weight is 151 g/mol. The molecule has 0 amide bonds. The Bertz CT molecular complexity index is 130. The van der Waals surface area contributed by atoms with Crippen LogP contribution in [-0.2, 0) is 0 Å². The number of allylic oxidation sites excluding steroid dienone is 2. The van der Waals surface area contributed by atoms with Crippen LogP contribution in [0, 0.1) is 11.3 Å². The van der Waals surface area contributed by atoms with E-state index in [1.165, 1.54) is 25.7 Å². The molecule has 1 nitrogen and oxygen atoms in total. The van der Waals surface area contributed by atoms with Crippen molar-refractivity contribution in [2.45, 2.75) is 45.4 Å². The van der Waals surface area contributed by atoms with Gasteiger partial charge in [0, 0.05) is 0 Å². The van der Waals surface area contributed by atoms with E-state index in [4.69, 9.17) is 5.26 Å². The number of unbranched alkanes of at least 4 members (excludes halogenated alkanes) is 4. The second-order valence-corrected chi connectivity index (χ2v) is 2.68. The molecule has 0 N–H and O–H groups in total. The second kappa shape index (κ2) is 9.23. The second-order valence-electron chi connectivity index (χ2n) is 2.68. The maximum absolute atomic E-state index is 8.21. The lowest BCUT2D eigenvalue weighted by atomic mass is 10.1. The molecule has 11 heavy (non-hydrogen) atoms. The summed E-state index contributed by atoms with van der Waals surface area (Å²) in [6.07, 6.45) is 11.0. The first-order chi connectivity index (χ1) is 5.41. The quantitative estimate of drug-likeness (QED) is 0.421. The molecular formula is C10H17N. The zero-order chi connectivity index (χ0) is 8.36. The van der Waals surface area contributed by atoms with Crippen molar-refractivity contribution in [3.05, 3.63) is 12.2 Å². The van der Waals surface area contributed by atoms with Crippen molar-refractivity contribution in [3.63, 3.8) is 0 Å². The minimum Gasteiger partial charge on any atom is -0.198 e. The zero-order valence-corrected chi connectivity index (χ0v) is 7.34. The zero-order valence-electron chi connectivity index (χ0n) is 7.34. The first-order valence-electron chi connectivity index (χ1n) is 4.43. The maximum atomic E-state index is 8.21. The van der Waals surface area contributed by atoms with E-state index in [1.807, 2.05) is 6.08 Å². The molecule has 62 valence electrons. The fourth-order valence-corrected chi connectivity index (χ4v) is 0.943. The van der Waals surface area contributed by atoms with Crippen LogP contribution in [0.5, 0.6) is 0 Å². The van der Waals surface area contributed by atoms with E-state index in [0.717, 1.165) is 6.42 Å². The SMILES string of the molecule is CCCCCC/C=C\CC#N. The molecule has 0 heterocycles. The molecule has 0 aliphatic heterocycles. The van der Waals surface area contributed by atoms with Crippen LogP contribution >= 0.6 is 0 Å². The summed E-state index contributed by atoms with van der Waals surface area (Å²) >= 11 is 0. The Morgan fingerprint density at radius 3 is 2.64 bits per heavy atom. The van der Waals surface area contributed by atoms with Crippen molar-refractivity contribution in [2.24, 2.45) is 0 Å². The molecule has 0 aliphatic carbocycles. The van der Waals surface area contributed by atoms with Crippen molar-refractivity contribution in [1.29, 1.82) is 5.26 Å². The monoisotopic (exact) mass is 151 g/mol. The molecule has 0 aromatic carbocycles. The summed E-state index contributed by atoms with van der Waals surface area (Å²) in [6.45, 7) is 2.21. The van der Waals surface area contributed by atoms with Gasteiger partial charge >= 0.3 is 0 Å². The summed E-state index contributed by atoms with van der Waals surface area (Å²) in [7, 11) is 0. The fourth-order valence-electron chi connectivity index (χ4n) is 0.943. The molecule has 0 bridgehead atoms. The number of hydrogen-bond donors (Lipinski definition) is 0. The highest BCUT2D eigenvalue weighted by Gasteiger charge is 1.83. The van der Waals surface area contributed by atoms with Gasteiger partial charge < -0.3 is 0 Å². The highest BCUT2D eigenvalue weighted by molar-refractivity contribution is 4.90. The molecular weight excluding hydrogens is 134 g/mol. The van der Waals surface area contributed by atoms with Gasteiger partial charge in [-0.05, 0) is 12.8 Å². The summed E-state index contributed by atoms with van der Waals surface area (Å²) < 4.78 is 0. The molecule has 0 aliphatic rings. The van der Waals surface area contributed by atoms with Crippen LogP contribution in [0.2, 0.25) is 0 Å². The summed E-state index contributed by atoms with van der Waals surface area (Å²) in [6, 6.07) is 2.08. The normalized spacial score (nSPS) is 10.2. The number of nitrogens with zero attached hydrogens (tertiary/aromatic N) is 1. The van der Waals surface area contributed by atoms with Crippen LogP contribution in [0.3, 0.4) is 0 Å². The van der Waals surface area contributed by atoms with Crippen molar-refractivity contribution >= 4 is 0 Å². The van der Waals surface area contributed by atoms with E-state index in [1.54, 1.807) is 0 Å². The van der Waals surface area contributed by atoms with Crippen LogP contribution in [0.4, 0.5) is 0 Å². The lowest BCUT2D eigenvalue weighted by Crippen LogP contribution is -1.73. The molecule has 0 rings (SSSR count). The number of nitriles is 1. The van der Waals surface area contributed by atoms with E-state index in [2.05, 4.69) is 19.1 Å². The lowest BCUT2D eigenvalue weighted by molar-refractivity contribution is 0.674. The summed E-state index contributed by atoms with van der Waals surface area (Å²) in [5.41, 5.74) is 0. The van der Waals surface area contributed by atoms with Crippen molar-refractivity contribution in [2.75, 3.05) is 0 Å². The van der Waals surface area contributed by atoms with Gasteiger partial charge in [-0.1, -0.05) is 38.3 Å². The van der Waals surface area contributed by atoms with Gasteiger partial charge in [-0.2, -0.15) is 5.26 Å². The summed E-state index contributed by atoms with van der Waals surface area (Å²) in [4.78, 5) is 0. The van der Waals surface area contributed by atoms with E-state index in [0.29, 0.717) is 6.42 Å². The minimum atomic E-state index is 0.563. The average Bonchev–Trinajstić information content (AvgIpc) is 2.03. The Labute approximate surface area is 69.7 Å². The van der Waals surface area contributed by atoms with Crippen LogP contribution in [0.15, 0.2) is 12.2 Å². The van der Waals surface area contributed by atoms with Gasteiger partial charge in [-0.15, -0.1) is 0 Å². The van der Waals surface area contributed by atoms with Crippen LogP contribution in [0.25, 0.3) is 0 Å². The highest BCUT2D eigenvalue weighted by atomic mass is 14.2. The highest BCUT2D eigenvalue weighted by Crippen LogP contribution is 2.02. The van der Waals surface area contributed by atoms with Gasteiger partial charge in [-0.3, -0.25) is 0 Å². The van der Waals surface area contributed by atoms with E-state index < -0.39 is 0 Å². The standard InChI is InChI=1S/C10H17N/c1-2-3-4-5-6-7-8-9-10-11/h7-8H,2-6,9H2,1H3/b8-7-. The molecule has 1 heteroatoms. The Kier molecular flexibility index (Phi) is 8.58. The topological polar surface area (TPSA) is 23.8 Å². The van der Waals surface area contributed by atoms with Crippen molar-refractivity contribution in [1.82, 2.24) is 0 Å². The third kappa shape index (κ3) is 9.23. The first-order valence-corrected chi connectivity index (χ1v) is 4.43. The first kappa shape index (κ1) is 10.2. The fraction of sp³-hybridized carbons (Fsp3) is 0.700. The Balaban J connectivity index is 2.96. The van der Waals surface area contributed by atoms with Gasteiger partial charge in [0.1, 0.15) is 0 Å². The molecule has 0 atom stereocenters. The molecule has 0 saturated heterocycles. The van der Waals surface area contributed by atoms with Crippen molar-refractivity contribution < 1.29 is 0 Å². The van der Waals surface area contributed by atoms with E-state index in [9.17, 15) is 0 Å². The number of rotatable bonds is 6. The lowest BCUT2D eigenvalue weighted by Gasteiger charge is -1.92. The van der Waals surface area contributed by atoms with Gasteiger partial charge in [-0.25, -0.2) is 0 Å². The van der Waals surface area contributed by atoms with Crippen LogP contribution < -0.4 is 0 Å². The Hall–Kier alpha value is -0.770. The predicted octanol–water partition coefficient (Wildman–Crippen LogP) is 3.43. The largest absolute Gasteiger partial charge is 0.198 e. The molecule has 0 unspecified atom stereocenters. The molecule has 0 saturated carbocycles. The third-order valence-corrected chi connectivity index (χ3v) is 1.60. The summed E-state index contributed by atoms with van der Waals surface area (Å²) in [5.74, 6) is 0. The minimum absolute atomic E-state index is 0.563. The molecule has 0 radical (unpaired) electrons. The van der Waals surface area contributed by atoms with Crippen LogP contribution in [0.1, 0.15) is 45.4 Å². The molecule has 0 fully saturated rings. The van der Waals surface area contributed by atoms with Gasteiger partial charge in [0.25, 0.3) is 0 Å². The van der Waals surface area contributed by atoms with Crippen molar-refractivity contribution in [3.8, 4) is 6.07 Å².